The van der Waals surface area contributed by atoms with Gasteiger partial charge in [-0.1, -0.05) is 33.6 Å². The standard InChI is InChI=1S/C33H51NO7/c1-4-6-16-34(17-7-5-2)20-29(37)41-24-8-13-31(22-35)26-9-12-30(3)25(23-18-28(36)40-21-23)11-15-33(30,39)27(26)10-14-32(31,38)19-24/h18,22,24-27,38-39H,4-17,19-21H2,1-3H3/t24-,25+,26-,27+,30+,31-,32-,33?/m0/s1. The highest BCUT2D eigenvalue weighted by Crippen LogP contribution is 2.70. The molecular weight excluding hydrogens is 522 g/mol. The number of aldehydes is 1. The van der Waals surface area contributed by atoms with Crippen molar-refractivity contribution in [2.75, 3.05) is 26.2 Å². The molecule has 4 fully saturated rings. The first-order valence-electron chi connectivity index (χ1n) is 16.3. The van der Waals surface area contributed by atoms with Crippen LogP contribution in [0.3, 0.4) is 0 Å². The highest BCUT2D eigenvalue weighted by molar-refractivity contribution is 5.85. The summed E-state index contributed by atoms with van der Waals surface area (Å²) >= 11 is 0. The fourth-order valence-electron chi connectivity index (χ4n) is 9.86. The Morgan fingerprint density at radius 2 is 1.76 bits per heavy atom. The number of unbranched alkanes of at least 4 members (excludes halogenated alkanes) is 2. The van der Waals surface area contributed by atoms with Crippen molar-refractivity contribution in [1.82, 2.24) is 4.90 Å². The van der Waals surface area contributed by atoms with Gasteiger partial charge in [0.1, 0.15) is 19.0 Å². The number of fused-ring (bicyclic) bond motifs is 5. The number of hydrogen-bond acceptors (Lipinski definition) is 8. The molecule has 0 amide bonds. The normalized spacial score (nSPS) is 41.7. The molecule has 1 heterocycles. The van der Waals surface area contributed by atoms with Gasteiger partial charge >= 0.3 is 11.9 Å². The Morgan fingerprint density at radius 1 is 1.05 bits per heavy atom. The van der Waals surface area contributed by atoms with Crippen LogP contribution in [0.2, 0.25) is 0 Å². The molecule has 0 spiro atoms. The Bertz CT molecular complexity index is 1040. The molecule has 2 N–H and O–H groups in total. The SMILES string of the molecule is CCCCN(CCCC)CC(=O)O[C@H]1CC[C@]2(C=O)[C@H]3CC[C@]4(C)[C@@H](C5=CC(=O)OC5)CCC4(O)[C@@H]3CC[C@]2(O)C1. The Balaban J connectivity index is 1.29. The molecule has 0 bridgehead atoms. The van der Waals surface area contributed by atoms with E-state index < -0.39 is 28.1 Å². The summed E-state index contributed by atoms with van der Waals surface area (Å²) in [6.07, 6.45) is 11.6. The van der Waals surface area contributed by atoms with Crippen LogP contribution in [0.4, 0.5) is 0 Å². The Morgan fingerprint density at radius 3 is 2.39 bits per heavy atom. The van der Waals surface area contributed by atoms with Crippen molar-refractivity contribution < 1.29 is 34.1 Å². The van der Waals surface area contributed by atoms with Crippen LogP contribution in [0.1, 0.15) is 104 Å². The van der Waals surface area contributed by atoms with Crippen LogP contribution in [0.25, 0.3) is 0 Å². The van der Waals surface area contributed by atoms with E-state index in [-0.39, 0.29) is 42.7 Å². The van der Waals surface area contributed by atoms with Crippen LogP contribution in [0, 0.1) is 28.6 Å². The van der Waals surface area contributed by atoms with Gasteiger partial charge in [-0.05, 0) is 101 Å². The molecule has 0 aromatic rings. The minimum Gasteiger partial charge on any atom is -0.461 e. The number of carbonyl (C=O) groups excluding carboxylic acids is 3. The second-order valence-electron chi connectivity index (χ2n) is 14.1. The number of cyclic esters (lactones) is 1. The minimum atomic E-state index is -1.25. The van der Waals surface area contributed by atoms with Gasteiger partial charge in [-0.3, -0.25) is 9.69 Å². The number of carbonyl (C=O) groups is 3. The van der Waals surface area contributed by atoms with Crippen molar-refractivity contribution in [1.29, 1.82) is 0 Å². The smallest absolute Gasteiger partial charge is 0.331 e. The average molecular weight is 574 g/mol. The quantitative estimate of drug-likeness (QED) is 0.277. The monoisotopic (exact) mass is 573 g/mol. The zero-order chi connectivity index (χ0) is 29.5. The number of hydrogen-bond donors (Lipinski definition) is 2. The van der Waals surface area contributed by atoms with Crippen LogP contribution < -0.4 is 0 Å². The Labute approximate surface area is 245 Å². The van der Waals surface area contributed by atoms with Gasteiger partial charge in [-0.15, -0.1) is 0 Å². The van der Waals surface area contributed by atoms with Gasteiger partial charge in [0.25, 0.3) is 0 Å². The van der Waals surface area contributed by atoms with Gasteiger partial charge in [0, 0.05) is 17.9 Å². The molecule has 4 aliphatic carbocycles. The van der Waals surface area contributed by atoms with Crippen LogP contribution in [0.15, 0.2) is 11.6 Å². The first-order chi connectivity index (χ1) is 19.6. The summed E-state index contributed by atoms with van der Waals surface area (Å²) in [6, 6.07) is 0. The van der Waals surface area contributed by atoms with Gasteiger partial charge < -0.3 is 24.5 Å². The molecule has 8 atom stereocenters. The fourth-order valence-corrected chi connectivity index (χ4v) is 9.86. The summed E-state index contributed by atoms with van der Waals surface area (Å²) in [7, 11) is 0. The summed E-state index contributed by atoms with van der Waals surface area (Å²) < 4.78 is 11.2. The molecule has 8 nitrogen and oxygen atoms in total. The molecule has 0 saturated heterocycles. The summed E-state index contributed by atoms with van der Waals surface area (Å²) in [5.41, 5.74) is -2.59. The number of nitrogens with zero attached hydrogens (tertiary/aromatic N) is 1. The fraction of sp³-hybridized carbons (Fsp3) is 0.848. The van der Waals surface area contributed by atoms with Crippen LogP contribution in [-0.2, 0) is 23.9 Å². The van der Waals surface area contributed by atoms with E-state index >= 15 is 0 Å². The maximum absolute atomic E-state index is 13.0. The van der Waals surface area contributed by atoms with Gasteiger partial charge in [0.2, 0.25) is 0 Å². The summed E-state index contributed by atoms with van der Waals surface area (Å²) in [6.45, 7) is 8.76. The molecule has 0 radical (unpaired) electrons. The maximum atomic E-state index is 13.0. The molecule has 41 heavy (non-hydrogen) atoms. The number of ether oxygens (including phenoxy) is 2. The first kappa shape index (κ1) is 30.7. The predicted octanol–water partition coefficient (Wildman–Crippen LogP) is 4.35. The highest BCUT2D eigenvalue weighted by atomic mass is 16.5. The zero-order valence-corrected chi connectivity index (χ0v) is 25.4. The van der Waals surface area contributed by atoms with E-state index in [2.05, 4.69) is 25.7 Å². The largest absolute Gasteiger partial charge is 0.461 e. The van der Waals surface area contributed by atoms with Crippen LogP contribution >= 0.6 is 0 Å². The van der Waals surface area contributed by atoms with E-state index in [9.17, 15) is 24.6 Å². The Kier molecular flexibility index (Phi) is 8.77. The lowest BCUT2D eigenvalue weighted by atomic mass is 9.41. The van der Waals surface area contributed by atoms with Crippen molar-refractivity contribution in [3.05, 3.63) is 11.6 Å². The van der Waals surface area contributed by atoms with Crippen molar-refractivity contribution in [2.45, 2.75) is 122 Å². The molecule has 4 saturated carbocycles. The number of aliphatic hydroxyl groups is 2. The van der Waals surface area contributed by atoms with E-state index in [1.54, 1.807) is 6.08 Å². The molecule has 0 aromatic carbocycles. The second-order valence-corrected chi connectivity index (χ2v) is 14.1. The minimum absolute atomic E-state index is 0.0808. The van der Waals surface area contributed by atoms with Crippen LogP contribution in [0.5, 0.6) is 0 Å². The third kappa shape index (κ3) is 5.10. The van der Waals surface area contributed by atoms with E-state index in [1.807, 2.05) is 0 Å². The highest BCUT2D eigenvalue weighted by Gasteiger charge is 2.71. The van der Waals surface area contributed by atoms with E-state index in [0.717, 1.165) is 69.9 Å². The van der Waals surface area contributed by atoms with Crippen molar-refractivity contribution in [2.24, 2.45) is 28.6 Å². The zero-order valence-electron chi connectivity index (χ0n) is 25.4. The molecule has 0 aromatic heterocycles. The van der Waals surface area contributed by atoms with Crippen molar-refractivity contribution >= 4 is 18.2 Å². The summed E-state index contributed by atoms with van der Waals surface area (Å²) in [5, 5.41) is 24.5. The first-order valence-corrected chi connectivity index (χ1v) is 16.3. The van der Waals surface area contributed by atoms with E-state index in [4.69, 9.17) is 9.47 Å². The average Bonchev–Trinajstić information content (AvgIpc) is 3.49. The van der Waals surface area contributed by atoms with Crippen LogP contribution in [-0.4, -0.2) is 76.9 Å². The molecule has 230 valence electrons. The number of rotatable bonds is 11. The van der Waals surface area contributed by atoms with Gasteiger partial charge in [-0.25, -0.2) is 4.79 Å². The maximum Gasteiger partial charge on any atom is 0.331 e. The van der Waals surface area contributed by atoms with Gasteiger partial charge in [0.05, 0.1) is 23.2 Å². The van der Waals surface area contributed by atoms with E-state index in [0.29, 0.717) is 38.7 Å². The van der Waals surface area contributed by atoms with Gasteiger partial charge in [-0.2, -0.15) is 0 Å². The third-order valence-electron chi connectivity index (χ3n) is 12.1. The summed E-state index contributed by atoms with van der Waals surface area (Å²) in [4.78, 5) is 40.0. The summed E-state index contributed by atoms with van der Waals surface area (Å²) in [5.74, 6) is -0.692. The Hall–Kier alpha value is -1.77. The lowest BCUT2D eigenvalue weighted by Gasteiger charge is -2.65. The topological polar surface area (TPSA) is 113 Å². The lowest BCUT2D eigenvalue weighted by molar-refractivity contribution is -0.249. The molecule has 5 rings (SSSR count). The second kappa shape index (κ2) is 11.7. The van der Waals surface area contributed by atoms with Crippen molar-refractivity contribution in [3.8, 4) is 0 Å². The van der Waals surface area contributed by atoms with E-state index in [1.165, 1.54) is 0 Å². The van der Waals surface area contributed by atoms with Gasteiger partial charge in [0.15, 0.2) is 0 Å². The molecule has 1 aliphatic heterocycles. The lowest BCUT2D eigenvalue weighted by Crippen LogP contribution is -2.69. The molecular formula is C33H51NO7. The number of esters is 2. The van der Waals surface area contributed by atoms with Crippen molar-refractivity contribution in [3.63, 3.8) is 0 Å². The molecule has 1 unspecified atom stereocenters. The molecule has 8 heteroatoms. The predicted molar refractivity (Wildman–Crippen MR) is 154 cm³/mol. The molecule has 5 aliphatic rings. The third-order valence-corrected chi connectivity index (χ3v) is 12.1.